The molecule has 0 aliphatic carbocycles. The number of carbonyl (C=O) groups is 2. The van der Waals surface area contributed by atoms with Crippen LogP contribution in [-0.2, 0) is 10.8 Å². The number of esters is 2. The van der Waals surface area contributed by atoms with Crippen LogP contribution in [0.5, 0.6) is 17.2 Å². The van der Waals surface area contributed by atoms with E-state index in [0.29, 0.717) is 11.5 Å². The zero-order valence-electron chi connectivity index (χ0n) is 26.3. The summed E-state index contributed by atoms with van der Waals surface area (Å²) in [5.74, 6) is -0.825. The molecular formula is C36H46O5. The Bertz CT molecular complexity index is 1260. The topological polar surface area (TPSA) is 72.8 Å². The van der Waals surface area contributed by atoms with Gasteiger partial charge in [0.2, 0.25) is 0 Å². The maximum atomic E-state index is 12.9. The largest absolute Gasteiger partial charge is 0.508 e. The molecule has 0 aromatic heterocycles. The van der Waals surface area contributed by atoms with E-state index in [0.717, 1.165) is 24.0 Å². The van der Waals surface area contributed by atoms with E-state index in [1.807, 2.05) is 24.3 Å². The number of benzene rings is 3. The third kappa shape index (κ3) is 9.21. The van der Waals surface area contributed by atoms with Gasteiger partial charge in [-0.05, 0) is 88.1 Å². The third-order valence-corrected chi connectivity index (χ3v) is 7.03. The number of rotatable bonds is 8. The molecule has 0 bridgehead atoms. The summed E-state index contributed by atoms with van der Waals surface area (Å²) in [6.07, 6.45) is 2.00. The molecule has 3 rings (SSSR count). The lowest BCUT2D eigenvalue weighted by atomic mass is 9.72. The summed E-state index contributed by atoms with van der Waals surface area (Å²) in [5.41, 5.74) is 2.68. The van der Waals surface area contributed by atoms with Gasteiger partial charge in [-0.1, -0.05) is 93.5 Å². The van der Waals surface area contributed by atoms with E-state index < -0.39 is 11.9 Å². The molecule has 5 heteroatoms. The molecule has 0 unspecified atom stereocenters. The molecule has 0 heterocycles. The van der Waals surface area contributed by atoms with Gasteiger partial charge in [0.15, 0.2) is 0 Å². The molecule has 220 valence electrons. The van der Waals surface area contributed by atoms with E-state index >= 15 is 0 Å². The van der Waals surface area contributed by atoms with Crippen LogP contribution in [0, 0.1) is 10.8 Å². The van der Waals surface area contributed by atoms with Gasteiger partial charge in [0.1, 0.15) is 17.2 Å². The molecule has 0 aliphatic rings. The molecule has 0 fully saturated rings. The molecule has 0 spiro atoms. The standard InChI is InChI=1S/C36H46O5/c1-33(2,3)22-35(7,8)26-11-15-29(16-12-26)40-31(38)24-19-25(21-28(37)20-24)32(39)41-30-17-13-27(14-18-30)36(9,10)23-34(4,5)6/h11-21,37H,22-23H2,1-10H3. The molecule has 41 heavy (non-hydrogen) atoms. The lowest BCUT2D eigenvalue weighted by Gasteiger charge is -2.33. The molecule has 0 saturated carbocycles. The fourth-order valence-corrected chi connectivity index (χ4v) is 5.98. The number of ether oxygens (including phenoxy) is 2. The summed E-state index contributed by atoms with van der Waals surface area (Å²) in [7, 11) is 0. The molecule has 0 aliphatic heterocycles. The minimum Gasteiger partial charge on any atom is -0.508 e. The fourth-order valence-electron chi connectivity index (χ4n) is 5.98. The van der Waals surface area contributed by atoms with Crippen LogP contribution in [0.25, 0.3) is 0 Å². The molecule has 0 amide bonds. The van der Waals surface area contributed by atoms with Gasteiger partial charge in [-0.15, -0.1) is 0 Å². The van der Waals surface area contributed by atoms with Crippen LogP contribution < -0.4 is 9.47 Å². The van der Waals surface area contributed by atoms with Crippen LogP contribution in [0.1, 0.15) is 114 Å². The van der Waals surface area contributed by atoms with Crippen molar-refractivity contribution in [3.8, 4) is 17.2 Å². The SMILES string of the molecule is CC(C)(C)CC(C)(C)c1ccc(OC(=O)c2cc(O)cc(C(=O)Oc3ccc(C(C)(C)CC(C)(C)C)cc3)c2)cc1. The fraction of sp³-hybridized carbons (Fsp3) is 0.444. The first-order valence-corrected chi connectivity index (χ1v) is 14.2. The predicted octanol–water partition coefficient (Wildman–Crippen LogP) is 9.26. The quantitative estimate of drug-likeness (QED) is 0.220. The van der Waals surface area contributed by atoms with Gasteiger partial charge in [0, 0.05) is 0 Å². The van der Waals surface area contributed by atoms with Crippen molar-refractivity contribution in [2.45, 2.75) is 92.9 Å². The summed E-state index contributed by atoms with van der Waals surface area (Å²) in [6.45, 7) is 22.1. The van der Waals surface area contributed by atoms with E-state index in [2.05, 4.69) is 69.2 Å². The third-order valence-electron chi connectivity index (χ3n) is 7.03. The van der Waals surface area contributed by atoms with Crippen molar-refractivity contribution in [3.05, 3.63) is 89.0 Å². The van der Waals surface area contributed by atoms with Crippen molar-refractivity contribution in [3.63, 3.8) is 0 Å². The van der Waals surface area contributed by atoms with Crippen molar-refractivity contribution in [2.24, 2.45) is 10.8 Å². The predicted molar refractivity (Wildman–Crippen MR) is 165 cm³/mol. The lowest BCUT2D eigenvalue weighted by molar-refractivity contribution is 0.0734. The minimum absolute atomic E-state index is 0.0375. The zero-order valence-corrected chi connectivity index (χ0v) is 26.3. The number of carbonyl (C=O) groups excluding carboxylic acids is 2. The van der Waals surface area contributed by atoms with Crippen LogP contribution in [-0.4, -0.2) is 17.0 Å². The molecule has 3 aromatic rings. The molecule has 3 aromatic carbocycles. The Kier molecular flexibility index (Phi) is 9.12. The van der Waals surface area contributed by atoms with Gasteiger partial charge in [0.05, 0.1) is 11.1 Å². The summed E-state index contributed by atoms with van der Waals surface area (Å²) in [5, 5.41) is 10.2. The number of hydrogen-bond donors (Lipinski definition) is 1. The second-order valence-electron chi connectivity index (χ2n) is 14.8. The van der Waals surface area contributed by atoms with Crippen molar-refractivity contribution < 1.29 is 24.2 Å². The van der Waals surface area contributed by atoms with E-state index in [1.165, 1.54) is 18.2 Å². The second-order valence-corrected chi connectivity index (χ2v) is 14.8. The maximum absolute atomic E-state index is 12.9. The Hall–Kier alpha value is -3.60. The van der Waals surface area contributed by atoms with Gasteiger partial charge < -0.3 is 14.6 Å². The van der Waals surface area contributed by atoms with Crippen molar-refractivity contribution in [2.75, 3.05) is 0 Å². The number of phenolic OH excluding ortho intramolecular Hbond substituents is 1. The van der Waals surface area contributed by atoms with E-state index in [-0.39, 0.29) is 38.5 Å². The first kappa shape index (κ1) is 31.9. The molecule has 5 nitrogen and oxygen atoms in total. The van der Waals surface area contributed by atoms with E-state index in [4.69, 9.17) is 9.47 Å². The normalized spacial score (nSPS) is 12.6. The van der Waals surface area contributed by atoms with Crippen molar-refractivity contribution >= 4 is 11.9 Å². The monoisotopic (exact) mass is 558 g/mol. The van der Waals surface area contributed by atoms with Crippen LogP contribution in [0.3, 0.4) is 0 Å². The highest BCUT2D eigenvalue weighted by molar-refractivity contribution is 5.97. The number of aromatic hydroxyl groups is 1. The minimum atomic E-state index is -0.679. The van der Waals surface area contributed by atoms with Crippen molar-refractivity contribution in [1.29, 1.82) is 0 Å². The van der Waals surface area contributed by atoms with Gasteiger partial charge in [-0.3, -0.25) is 0 Å². The Morgan fingerprint density at radius 2 is 0.878 bits per heavy atom. The smallest absolute Gasteiger partial charge is 0.343 e. The molecule has 1 N–H and O–H groups in total. The van der Waals surface area contributed by atoms with Crippen LogP contribution in [0.4, 0.5) is 0 Å². The lowest BCUT2D eigenvalue weighted by Crippen LogP contribution is -2.24. The number of phenols is 1. The Morgan fingerprint density at radius 1 is 0.561 bits per heavy atom. The summed E-state index contributed by atoms with van der Waals surface area (Å²) < 4.78 is 11.1. The highest BCUT2D eigenvalue weighted by atomic mass is 16.5. The average Bonchev–Trinajstić information content (AvgIpc) is 2.81. The summed E-state index contributed by atoms with van der Waals surface area (Å²) in [6, 6.07) is 18.8. The van der Waals surface area contributed by atoms with Gasteiger partial charge >= 0.3 is 11.9 Å². The van der Waals surface area contributed by atoms with Crippen molar-refractivity contribution in [1.82, 2.24) is 0 Å². The highest BCUT2D eigenvalue weighted by Crippen LogP contribution is 2.38. The summed E-state index contributed by atoms with van der Waals surface area (Å²) >= 11 is 0. The first-order valence-electron chi connectivity index (χ1n) is 14.2. The first-order chi connectivity index (χ1) is 18.7. The number of hydrogen-bond acceptors (Lipinski definition) is 5. The Morgan fingerprint density at radius 3 is 1.17 bits per heavy atom. The zero-order chi connectivity index (χ0) is 30.8. The molecule has 0 atom stereocenters. The van der Waals surface area contributed by atoms with E-state index in [9.17, 15) is 14.7 Å². The summed E-state index contributed by atoms with van der Waals surface area (Å²) in [4.78, 5) is 25.8. The van der Waals surface area contributed by atoms with Gasteiger partial charge in [-0.25, -0.2) is 9.59 Å². The van der Waals surface area contributed by atoms with Crippen LogP contribution in [0.2, 0.25) is 0 Å². The highest BCUT2D eigenvalue weighted by Gasteiger charge is 2.28. The Labute approximate surface area is 245 Å². The molecule has 0 radical (unpaired) electrons. The molecular weight excluding hydrogens is 512 g/mol. The van der Waals surface area contributed by atoms with Crippen LogP contribution >= 0.6 is 0 Å². The van der Waals surface area contributed by atoms with Gasteiger partial charge in [0.25, 0.3) is 0 Å². The average molecular weight is 559 g/mol. The molecule has 0 saturated heterocycles. The second kappa shape index (κ2) is 11.7. The van der Waals surface area contributed by atoms with Crippen LogP contribution in [0.15, 0.2) is 66.7 Å². The van der Waals surface area contributed by atoms with E-state index in [1.54, 1.807) is 24.3 Å². The maximum Gasteiger partial charge on any atom is 0.343 e. The van der Waals surface area contributed by atoms with Gasteiger partial charge in [-0.2, -0.15) is 0 Å². The Balaban J connectivity index is 1.71.